The number of benzene rings is 1. The lowest BCUT2D eigenvalue weighted by Gasteiger charge is -2.63. The van der Waals surface area contributed by atoms with Crippen LogP contribution in [0.4, 0.5) is 0 Å². The summed E-state index contributed by atoms with van der Waals surface area (Å²) < 4.78 is 0. The molecule has 1 amide bonds. The number of aryl methyl sites for hydroxylation is 1. The highest BCUT2D eigenvalue weighted by Crippen LogP contribution is 2.64. The number of amides is 1. The van der Waals surface area contributed by atoms with Gasteiger partial charge < -0.3 is 16.8 Å². The topological polar surface area (TPSA) is 159 Å². The van der Waals surface area contributed by atoms with Gasteiger partial charge in [0.25, 0.3) is 0 Å². The maximum absolute atomic E-state index is 11.8. The minimum atomic E-state index is -0.787. The van der Waals surface area contributed by atoms with Gasteiger partial charge in [-0.25, -0.2) is 0 Å². The van der Waals surface area contributed by atoms with Gasteiger partial charge in [0.05, 0.1) is 0 Å². The molecule has 0 spiro atoms. The summed E-state index contributed by atoms with van der Waals surface area (Å²) in [4.78, 5) is 25.6. The summed E-state index contributed by atoms with van der Waals surface area (Å²) in [5, 5.41) is 9.85. The van der Waals surface area contributed by atoms with Gasteiger partial charge in [0.15, 0.2) is 0 Å². The highest BCUT2D eigenvalue weighted by atomic mass is 16.3. The van der Waals surface area contributed by atoms with Crippen molar-refractivity contribution >= 4 is 5.91 Å². The fourth-order valence-electron chi connectivity index (χ4n) is 6.91. The van der Waals surface area contributed by atoms with Crippen LogP contribution in [0.1, 0.15) is 53.1 Å². The van der Waals surface area contributed by atoms with Crippen LogP contribution in [0.15, 0.2) is 64.1 Å². The van der Waals surface area contributed by atoms with Gasteiger partial charge in [-0.05, 0) is 84.3 Å². The molecule has 1 aromatic rings. The van der Waals surface area contributed by atoms with Crippen molar-refractivity contribution in [1.82, 2.24) is 5.32 Å². The molecule has 1 unspecified atom stereocenters. The van der Waals surface area contributed by atoms with Crippen molar-refractivity contribution in [2.45, 2.75) is 49.1 Å². The standard InChI is InChI=1S/C24H27N7O2/c25-23-9-5-15-12-16(21(32)30-33)3-4-18(15)20(23)6-8-22(14-29-31-27)19(7-10-24(22,23)26)17-2-1-11-28-13-17/h1-4,7,11-12,20,28H,5-6,8-10,13-14,25-26H2/t20?,22-,23-,24-/m0/s1. The van der Waals surface area contributed by atoms with E-state index < -0.39 is 22.4 Å². The molecule has 3 aliphatic carbocycles. The molecular formula is C24H27N7O2. The quantitative estimate of drug-likeness (QED) is 0.279. The Labute approximate surface area is 191 Å². The summed E-state index contributed by atoms with van der Waals surface area (Å²) in [6.45, 7) is 0.964. The second-order valence-electron chi connectivity index (χ2n) is 9.64. The Hall–Kier alpha value is -3.26. The summed E-state index contributed by atoms with van der Waals surface area (Å²) in [6.07, 6.45) is 11.6. The first kappa shape index (κ1) is 21.6. The zero-order valence-corrected chi connectivity index (χ0v) is 18.3. The van der Waals surface area contributed by atoms with E-state index in [-0.39, 0.29) is 12.5 Å². The van der Waals surface area contributed by atoms with Gasteiger partial charge in [0, 0.05) is 51.2 Å². The fourth-order valence-corrected chi connectivity index (χ4v) is 6.91. The molecule has 0 bridgehead atoms. The summed E-state index contributed by atoms with van der Waals surface area (Å²) in [7, 11) is 0. The Morgan fingerprint density at radius 3 is 2.88 bits per heavy atom. The molecule has 9 heteroatoms. The summed E-state index contributed by atoms with van der Waals surface area (Å²) in [5.41, 5.74) is 26.5. The summed E-state index contributed by atoms with van der Waals surface area (Å²) >= 11 is 0. The van der Waals surface area contributed by atoms with Gasteiger partial charge in [-0.3, -0.25) is 4.79 Å². The number of hydrogen-bond donors (Lipinski definition) is 3. The summed E-state index contributed by atoms with van der Waals surface area (Å²) in [5.74, 6) is -0.757. The Morgan fingerprint density at radius 1 is 1.30 bits per heavy atom. The molecule has 1 fully saturated rings. The van der Waals surface area contributed by atoms with Gasteiger partial charge in [0.2, 0.25) is 0 Å². The number of carbonyl (C=O) groups excluding carboxylic acids is 1. The van der Waals surface area contributed by atoms with Crippen LogP contribution in [0.25, 0.3) is 10.4 Å². The normalized spacial score (nSPS) is 33.9. The highest BCUT2D eigenvalue weighted by molar-refractivity contribution is 5.95. The second-order valence-corrected chi connectivity index (χ2v) is 9.64. The van der Waals surface area contributed by atoms with E-state index in [1.165, 1.54) is 0 Å². The molecule has 1 heterocycles. The molecule has 5 N–H and O–H groups in total. The molecule has 1 aromatic carbocycles. The van der Waals surface area contributed by atoms with E-state index in [1.807, 2.05) is 18.3 Å². The van der Waals surface area contributed by atoms with Gasteiger partial charge in [0.1, 0.15) is 0 Å². The largest absolute Gasteiger partial charge is 0.387 e. The number of nitrogens with zero attached hydrogens (tertiary/aromatic N) is 4. The number of nitrogens with two attached hydrogens (primary N) is 2. The monoisotopic (exact) mass is 445 g/mol. The third-order valence-electron chi connectivity index (χ3n) is 8.52. The predicted molar refractivity (Wildman–Crippen MR) is 125 cm³/mol. The average molecular weight is 446 g/mol. The van der Waals surface area contributed by atoms with Crippen molar-refractivity contribution in [2.24, 2.45) is 27.2 Å². The summed E-state index contributed by atoms with van der Waals surface area (Å²) in [6, 6.07) is 5.33. The maximum Gasteiger partial charge on any atom is 0.316 e. The third-order valence-corrected chi connectivity index (χ3v) is 8.52. The average Bonchev–Trinajstić information content (AvgIpc) is 3.16. The third kappa shape index (κ3) is 2.86. The molecular weight excluding hydrogens is 418 g/mol. The molecule has 1 aliphatic heterocycles. The molecule has 9 nitrogen and oxygen atoms in total. The van der Waals surface area contributed by atoms with Crippen molar-refractivity contribution in [1.29, 1.82) is 0 Å². The fraction of sp³-hybridized carbons (Fsp3) is 0.458. The number of allylic oxidation sites excluding steroid dienone is 2. The van der Waals surface area contributed by atoms with Crippen LogP contribution in [-0.2, 0) is 6.42 Å². The number of fused-ring (bicyclic) bond motifs is 5. The number of hydrogen-bond acceptors (Lipinski definition) is 6. The number of azide groups is 1. The minimum absolute atomic E-state index is 0.00453. The lowest BCUT2D eigenvalue weighted by molar-refractivity contribution is 0.0118. The van der Waals surface area contributed by atoms with Crippen molar-refractivity contribution < 1.29 is 4.79 Å². The highest BCUT2D eigenvalue weighted by Gasteiger charge is 2.68. The molecule has 0 saturated heterocycles. The lowest BCUT2D eigenvalue weighted by Crippen LogP contribution is -2.77. The second kappa shape index (κ2) is 7.66. The van der Waals surface area contributed by atoms with E-state index in [1.54, 1.807) is 12.1 Å². The number of carbonyl (C=O) groups is 1. The van der Waals surface area contributed by atoms with E-state index in [0.717, 1.165) is 35.1 Å². The smallest absolute Gasteiger partial charge is 0.316 e. The van der Waals surface area contributed by atoms with Crippen LogP contribution in [0.3, 0.4) is 0 Å². The van der Waals surface area contributed by atoms with E-state index in [9.17, 15) is 15.2 Å². The van der Waals surface area contributed by atoms with Gasteiger partial charge in [-0.1, -0.05) is 23.3 Å². The number of nitrogens with one attached hydrogen (secondary N) is 1. The molecule has 33 heavy (non-hydrogen) atoms. The van der Waals surface area contributed by atoms with E-state index in [2.05, 4.69) is 32.7 Å². The molecule has 4 aliphatic rings. The Kier molecular flexibility index (Phi) is 5.01. The van der Waals surface area contributed by atoms with E-state index in [4.69, 9.17) is 11.5 Å². The SMILES string of the molecule is [N-]=[N+]=NC[C@]12CCC3c4ccc(C(=O)N=O)cc4CC[C@@]3(N)[C@]1(N)CC=C2C1=CC=CNC1. The first-order valence-corrected chi connectivity index (χ1v) is 11.3. The number of dihydropyridines is 1. The van der Waals surface area contributed by atoms with Crippen molar-refractivity contribution in [2.75, 3.05) is 13.1 Å². The van der Waals surface area contributed by atoms with Crippen molar-refractivity contribution in [3.8, 4) is 0 Å². The van der Waals surface area contributed by atoms with E-state index in [0.29, 0.717) is 31.4 Å². The molecule has 1 saturated carbocycles. The van der Waals surface area contributed by atoms with Crippen LogP contribution in [0, 0.1) is 10.3 Å². The zero-order chi connectivity index (χ0) is 23.3. The zero-order valence-electron chi connectivity index (χ0n) is 18.3. The first-order valence-electron chi connectivity index (χ1n) is 11.3. The van der Waals surface area contributed by atoms with E-state index >= 15 is 0 Å². The van der Waals surface area contributed by atoms with Crippen LogP contribution in [-0.4, -0.2) is 30.1 Å². The number of nitroso groups, excluding NO2 is 1. The lowest BCUT2D eigenvalue weighted by atomic mass is 9.46. The van der Waals surface area contributed by atoms with Gasteiger partial charge in [-0.2, -0.15) is 0 Å². The molecule has 4 atom stereocenters. The Bertz CT molecular complexity index is 1180. The van der Waals surface area contributed by atoms with Crippen LogP contribution >= 0.6 is 0 Å². The predicted octanol–water partition coefficient (Wildman–Crippen LogP) is 3.48. The Balaban J connectivity index is 1.59. The minimum Gasteiger partial charge on any atom is -0.387 e. The van der Waals surface area contributed by atoms with Crippen LogP contribution < -0.4 is 16.8 Å². The Morgan fingerprint density at radius 2 is 2.15 bits per heavy atom. The van der Waals surface area contributed by atoms with Gasteiger partial charge in [-0.15, -0.1) is 4.91 Å². The maximum atomic E-state index is 11.8. The van der Waals surface area contributed by atoms with Crippen LogP contribution in [0.5, 0.6) is 0 Å². The van der Waals surface area contributed by atoms with Crippen LogP contribution in [0.2, 0.25) is 0 Å². The first-order chi connectivity index (χ1) is 15.9. The number of rotatable bonds is 4. The van der Waals surface area contributed by atoms with Gasteiger partial charge >= 0.3 is 5.91 Å². The van der Waals surface area contributed by atoms with Crippen molar-refractivity contribution in [3.63, 3.8) is 0 Å². The molecule has 0 radical (unpaired) electrons. The molecule has 170 valence electrons. The van der Waals surface area contributed by atoms with Crippen molar-refractivity contribution in [3.05, 3.63) is 85.8 Å². The molecule has 0 aromatic heterocycles. The molecule has 5 rings (SSSR count).